The number of allylic oxidation sites excluding steroid dienone is 7. The minimum Gasteiger partial charge on any atom is -0.463 e. The highest BCUT2D eigenvalue weighted by Gasteiger charge is 2.54. The van der Waals surface area contributed by atoms with Crippen LogP contribution >= 0.6 is 0 Å². The molecule has 2 rings (SSSR count). The summed E-state index contributed by atoms with van der Waals surface area (Å²) in [5.41, 5.74) is 5.10. The fraction of sp³-hybridized carbons (Fsp3) is 0.700. The van der Waals surface area contributed by atoms with Crippen LogP contribution in [0.1, 0.15) is 108 Å². The van der Waals surface area contributed by atoms with Crippen molar-refractivity contribution in [2.45, 2.75) is 169 Å². The molecule has 2 aliphatic rings. The molecule has 0 aliphatic carbocycles. The molecule has 0 radical (unpaired) electrons. The molecule has 2 saturated heterocycles. The van der Waals surface area contributed by atoms with Crippen molar-refractivity contribution in [1.82, 2.24) is 0 Å². The van der Waals surface area contributed by atoms with Crippen molar-refractivity contribution in [3.05, 3.63) is 46.6 Å². The summed E-state index contributed by atoms with van der Waals surface area (Å²) in [5.74, 6) is -2.86. The Morgan fingerprint density at radius 1 is 0.574 bits per heavy atom. The molecule has 10 atom stereocenters. The second-order valence-electron chi connectivity index (χ2n) is 14.2. The van der Waals surface area contributed by atoms with Crippen LogP contribution in [0.2, 0.25) is 0 Å². The first-order valence-electron chi connectivity index (χ1n) is 18.6. The van der Waals surface area contributed by atoms with Crippen LogP contribution in [0.15, 0.2) is 46.6 Å². The highest BCUT2D eigenvalue weighted by atomic mass is 16.8. The first-order valence-corrected chi connectivity index (χ1v) is 18.6. The Hall–Kier alpha value is -3.40. The molecule has 0 bridgehead atoms. The van der Waals surface area contributed by atoms with Crippen LogP contribution in [0, 0.1) is 0 Å². The first kappa shape index (κ1) is 46.8. The smallest absolute Gasteiger partial charge is 0.303 e. The Balaban J connectivity index is 2.19. The van der Waals surface area contributed by atoms with Gasteiger partial charge in [-0.15, -0.1) is 0 Å². The molecule has 0 aromatic carbocycles. The van der Waals surface area contributed by atoms with Gasteiger partial charge in [-0.2, -0.15) is 0 Å². The summed E-state index contributed by atoms with van der Waals surface area (Å²) >= 11 is 0. The van der Waals surface area contributed by atoms with Gasteiger partial charge >= 0.3 is 23.9 Å². The number of carbonyl (C=O) groups is 4. The molecule has 14 heteroatoms. The molecule has 54 heavy (non-hydrogen) atoms. The average Bonchev–Trinajstić information content (AvgIpc) is 3.06. The number of aliphatic hydroxyl groups excluding tert-OH is 2. The molecule has 0 amide bonds. The van der Waals surface area contributed by atoms with Crippen molar-refractivity contribution >= 4 is 23.9 Å². The molecule has 14 nitrogen and oxygen atoms in total. The molecular weight excluding hydrogens is 704 g/mol. The van der Waals surface area contributed by atoms with E-state index in [4.69, 9.17) is 37.9 Å². The third-order valence-electron chi connectivity index (χ3n) is 8.87. The van der Waals surface area contributed by atoms with Gasteiger partial charge in [-0.25, -0.2) is 0 Å². The van der Waals surface area contributed by atoms with Gasteiger partial charge in [0.05, 0.1) is 12.7 Å². The monoisotopic (exact) mass is 766 g/mol. The number of ether oxygens (including phenoxy) is 8. The Morgan fingerprint density at radius 2 is 1.07 bits per heavy atom. The summed E-state index contributed by atoms with van der Waals surface area (Å²) in [6.45, 7) is 16.3. The lowest BCUT2D eigenvalue weighted by molar-refractivity contribution is -0.364. The first-order chi connectivity index (χ1) is 25.4. The second-order valence-corrected chi connectivity index (χ2v) is 14.2. The van der Waals surface area contributed by atoms with E-state index in [0.717, 1.165) is 64.9 Å². The maximum absolute atomic E-state index is 12.2. The molecule has 2 fully saturated rings. The van der Waals surface area contributed by atoms with E-state index in [-0.39, 0.29) is 13.2 Å². The van der Waals surface area contributed by atoms with E-state index in [2.05, 4.69) is 45.9 Å². The minimum absolute atomic E-state index is 0.0267. The van der Waals surface area contributed by atoms with Crippen LogP contribution < -0.4 is 0 Å². The predicted octanol–water partition coefficient (Wildman–Crippen LogP) is 5.08. The third kappa shape index (κ3) is 16.5. The molecular formula is C40H62O14. The van der Waals surface area contributed by atoms with E-state index in [1.165, 1.54) is 30.6 Å². The molecule has 0 spiro atoms. The summed E-state index contributed by atoms with van der Waals surface area (Å²) in [5, 5.41) is 22.3. The fourth-order valence-electron chi connectivity index (χ4n) is 6.03. The Kier molecular flexibility index (Phi) is 20.4. The highest BCUT2D eigenvalue weighted by Crippen LogP contribution is 2.33. The van der Waals surface area contributed by atoms with Crippen LogP contribution in [0.3, 0.4) is 0 Å². The van der Waals surface area contributed by atoms with Crippen LogP contribution in [0.4, 0.5) is 0 Å². The van der Waals surface area contributed by atoms with Gasteiger partial charge in [0.1, 0.15) is 31.0 Å². The molecule has 306 valence electrons. The molecule has 2 aliphatic heterocycles. The van der Waals surface area contributed by atoms with Crippen molar-refractivity contribution in [1.29, 1.82) is 0 Å². The van der Waals surface area contributed by atoms with E-state index in [0.29, 0.717) is 0 Å². The minimum atomic E-state index is -1.67. The van der Waals surface area contributed by atoms with E-state index < -0.39 is 85.3 Å². The van der Waals surface area contributed by atoms with Crippen LogP contribution in [-0.4, -0.2) is 109 Å². The topological polar surface area (TPSA) is 183 Å². The number of rotatable bonds is 19. The standard InChI is InChI=1S/C40H62O14/c1-23(2)14-11-15-24(3)16-12-17-25(4)18-13-19-26(5)20-21-47-39-36(34(46)33(45)32(53-39)22-48-28(7)41)54-40-38(52-31(10)44)37(51-30(9)43)35(27(6)49-40)50-29(8)42/h14,16,18,20,27,32-40,45-46H,11-13,15,17,19,21-22H2,1-10H3/b24-16+,25-18+,26-20+/t27-,32+,33+,34-,35-,36+,37+,38+,39+,40-/m0/s1. The quantitative estimate of drug-likeness (QED) is 0.101. The normalized spacial score (nSPS) is 29.2. The third-order valence-corrected chi connectivity index (χ3v) is 8.87. The predicted molar refractivity (Wildman–Crippen MR) is 198 cm³/mol. The van der Waals surface area contributed by atoms with E-state index >= 15 is 0 Å². The van der Waals surface area contributed by atoms with Crippen LogP contribution in [0.25, 0.3) is 0 Å². The Morgan fingerprint density at radius 3 is 1.59 bits per heavy atom. The van der Waals surface area contributed by atoms with Gasteiger partial charge in [0.25, 0.3) is 0 Å². The zero-order chi connectivity index (χ0) is 40.5. The summed E-state index contributed by atoms with van der Waals surface area (Å²) < 4.78 is 45.4. The average molecular weight is 767 g/mol. The van der Waals surface area contributed by atoms with Gasteiger partial charge < -0.3 is 48.1 Å². The molecule has 2 N–H and O–H groups in total. The summed E-state index contributed by atoms with van der Waals surface area (Å²) in [6, 6.07) is 0. The summed E-state index contributed by atoms with van der Waals surface area (Å²) in [4.78, 5) is 47.7. The van der Waals surface area contributed by atoms with Gasteiger partial charge in [0, 0.05) is 27.7 Å². The number of hydrogen-bond acceptors (Lipinski definition) is 14. The molecule has 2 heterocycles. The Labute approximate surface area is 319 Å². The van der Waals surface area contributed by atoms with Crippen molar-refractivity contribution in [3.8, 4) is 0 Å². The largest absolute Gasteiger partial charge is 0.463 e. The zero-order valence-electron chi connectivity index (χ0n) is 33.5. The van der Waals surface area contributed by atoms with E-state index in [1.807, 2.05) is 13.0 Å². The highest BCUT2D eigenvalue weighted by molar-refractivity contribution is 5.68. The molecule has 0 aromatic rings. The second kappa shape index (κ2) is 23.5. The lowest BCUT2D eigenvalue weighted by atomic mass is 9.97. The van der Waals surface area contributed by atoms with Gasteiger partial charge in [-0.1, -0.05) is 46.6 Å². The Bertz CT molecular complexity index is 1360. The number of aliphatic hydroxyl groups is 2. The number of esters is 4. The fourth-order valence-corrected chi connectivity index (χ4v) is 6.03. The number of hydrogen-bond donors (Lipinski definition) is 2. The van der Waals surface area contributed by atoms with Crippen LogP contribution in [0.5, 0.6) is 0 Å². The lowest BCUT2D eigenvalue weighted by Gasteiger charge is -2.47. The van der Waals surface area contributed by atoms with Gasteiger partial charge in [0.2, 0.25) is 0 Å². The van der Waals surface area contributed by atoms with Crippen molar-refractivity contribution < 1.29 is 67.3 Å². The van der Waals surface area contributed by atoms with Crippen molar-refractivity contribution in [3.63, 3.8) is 0 Å². The summed E-state index contributed by atoms with van der Waals surface area (Å²) in [7, 11) is 0. The molecule has 0 aromatic heterocycles. The van der Waals surface area contributed by atoms with E-state index in [9.17, 15) is 29.4 Å². The SMILES string of the molecule is CC(=O)OC[C@H]1O[C@@H](OC/C=C(\C)CC/C=C(\C)CC/C=C(\C)CCC=C(C)C)[C@H](O[C@@H]2O[C@@H](C)[C@H](OC(C)=O)[C@@H](OC(C)=O)[C@H]2OC(C)=O)[C@@H](O)[C@@H]1O. The van der Waals surface area contributed by atoms with Gasteiger partial charge in [-0.3, -0.25) is 19.2 Å². The molecule has 0 unspecified atom stereocenters. The van der Waals surface area contributed by atoms with Crippen LogP contribution in [-0.2, 0) is 57.1 Å². The van der Waals surface area contributed by atoms with Crippen molar-refractivity contribution in [2.24, 2.45) is 0 Å². The zero-order valence-corrected chi connectivity index (χ0v) is 33.5. The van der Waals surface area contributed by atoms with Gasteiger partial charge in [-0.05, 0) is 80.1 Å². The number of carbonyl (C=O) groups excluding carboxylic acids is 4. The molecule has 0 saturated carbocycles. The maximum Gasteiger partial charge on any atom is 0.303 e. The van der Waals surface area contributed by atoms with Gasteiger partial charge in [0.15, 0.2) is 30.9 Å². The lowest BCUT2D eigenvalue weighted by Crippen LogP contribution is -2.65. The maximum atomic E-state index is 12.2. The van der Waals surface area contributed by atoms with Crippen molar-refractivity contribution in [2.75, 3.05) is 13.2 Å². The summed E-state index contributed by atoms with van der Waals surface area (Å²) in [6.07, 6.45) is 0.700. The van der Waals surface area contributed by atoms with E-state index in [1.54, 1.807) is 0 Å².